The average molecular weight is 668 g/mol. The number of carboxylic acid groups (broad SMARTS) is 1. The van der Waals surface area contributed by atoms with Gasteiger partial charge in [-0.25, -0.2) is 14.8 Å². The van der Waals surface area contributed by atoms with Crippen LogP contribution in [0.25, 0.3) is 33.6 Å². The Labute approximate surface area is 283 Å². The highest BCUT2D eigenvalue weighted by atomic mass is 16.5. The van der Waals surface area contributed by atoms with Crippen LogP contribution < -0.4 is 20.1 Å². The molecule has 13 nitrogen and oxygen atoms in total. The van der Waals surface area contributed by atoms with Gasteiger partial charge in [0.25, 0.3) is 0 Å². The second-order valence-corrected chi connectivity index (χ2v) is 14.0. The molecule has 0 saturated carbocycles. The van der Waals surface area contributed by atoms with Gasteiger partial charge in [0.1, 0.15) is 48.7 Å². The largest absolute Gasteiger partial charge is 0.488 e. The van der Waals surface area contributed by atoms with Gasteiger partial charge >= 0.3 is 6.09 Å². The summed E-state index contributed by atoms with van der Waals surface area (Å²) in [6.45, 7) is 7.44. The highest BCUT2D eigenvalue weighted by molar-refractivity contribution is 5.88. The third kappa shape index (κ3) is 5.85. The Bertz CT molecular complexity index is 1850. The van der Waals surface area contributed by atoms with Crippen LogP contribution in [-0.4, -0.2) is 81.2 Å². The van der Waals surface area contributed by atoms with Crippen LogP contribution >= 0.6 is 0 Å². The molecule has 0 unspecified atom stereocenters. The first-order valence-corrected chi connectivity index (χ1v) is 16.9. The first kappa shape index (κ1) is 31.5. The van der Waals surface area contributed by atoms with Crippen molar-refractivity contribution in [3.8, 4) is 45.1 Å². The van der Waals surface area contributed by atoms with Crippen molar-refractivity contribution in [3.63, 3.8) is 0 Å². The zero-order valence-electron chi connectivity index (χ0n) is 27.8. The zero-order chi connectivity index (χ0) is 33.8. The topological polar surface area (TPSA) is 167 Å². The molecule has 8 rings (SSSR count). The minimum absolute atomic E-state index is 0.0401. The van der Waals surface area contributed by atoms with Crippen molar-refractivity contribution in [2.24, 2.45) is 11.8 Å². The molecule has 4 aromatic rings. The Morgan fingerprint density at radius 3 is 2.20 bits per heavy atom. The number of aromatic amines is 2. The molecular formula is C36H41N7O6. The number of rotatable bonds is 10. The molecule has 2 fully saturated rings. The van der Waals surface area contributed by atoms with Crippen LogP contribution in [0.2, 0.25) is 0 Å². The lowest BCUT2D eigenvalue weighted by atomic mass is 9.87. The normalized spacial score (nSPS) is 23.7. The van der Waals surface area contributed by atoms with Gasteiger partial charge in [-0.05, 0) is 55.5 Å². The predicted molar refractivity (Wildman–Crippen MR) is 180 cm³/mol. The van der Waals surface area contributed by atoms with E-state index >= 15 is 0 Å². The zero-order valence-corrected chi connectivity index (χ0v) is 27.8. The molecule has 13 heteroatoms. The van der Waals surface area contributed by atoms with E-state index in [1.165, 1.54) is 7.11 Å². The van der Waals surface area contributed by atoms with Gasteiger partial charge in [0.05, 0.1) is 42.0 Å². The fourth-order valence-corrected chi connectivity index (χ4v) is 7.97. The van der Waals surface area contributed by atoms with Crippen molar-refractivity contribution >= 4 is 12.4 Å². The smallest absolute Gasteiger partial charge is 0.405 e. The minimum atomic E-state index is -1.27. The van der Waals surface area contributed by atoms with Crippen LogP contribution in [0.1, 0.15) is 61.5 Å². The van der Waals surface area contributed by atoms with E-state index in [0.29, 0.717) is 37.9 Å². The lowest BCUT2D eigenvalue weighted by molar-refractivity contribution is -0.113. The van der Waals surface area contributed by atoms with E-state index in [1.807, 2.05) is 12.4 Å². The Morgan fingerprint density at radius 1 is 1.00 bits per heavy atom. The van der Waals surface area contributed by atoms with Gasteiger partial charge < -0.3 is 44.7 Å². The molecule has 256 valence electrons. The molecule has 2 saturated heterocycles. The Hall–Kier alpha value is -4.72. The van der Waals surface area contributed by atoms with Crippen molar-refractivity contribution in [2.45, 2.75) is 64.1 Å². The molecule has 6 atom stereocenters. The summed E-state index contributed by atoms with van der Waals surface area (Å²) in [6.07, 6.45) is 4.37. The Balaban J connectivity index is 1.04. The maximum Gasteiger partial charge on any atom is 0.405 e. The maximum absolute atomic E-state index is 11.7. The minimum Gasteiger partial charge on any atom is -0.488 e. The highest BCUT2D eigenvalue weighted by Crippen LogP contribution is 2.51. The Morgan fingerprint density at radius 2 is 1.63 bits per heavy atom. The Kier molecular flexibility index (Phi) is 8.13. The average Bonchev–Trinajstić information content (AvgIpc) is 3.92. The number of hydrogen-bond donors (Lipinski definition) is 5. The predicted octanol–water partition coefficient (Wildman–Crippen LogP) is 4.82. The number of ether oxygens (including phenoxy) is 3. The van der Waals surface area contributed by atoms with Crippen molar-refractivity contribution < 1.29 is 28.9 Å². The third-order valence-electron chi connectivity index (χ3n) is 10.4. The molecule has 2 aromatic carbocycles. The van der Waals surface area contributed by atoms with Gasteiger partial charge in [-0.1, -0.05) is 13.8 Å². The summed E-state index contributed by atoms with van der Waals surface area (Å²) in [5, 5.41) is 15.0. The molecule has 1 amide bonds. The molecule has 5 N–H and O–H groups in total. The number of H-pyrrole nitrogens is 2. The number of benzene rings is 2. The summed E-state index contributed by atoms with van der Waals surface area (Å²) >= 11 is 0. The van der Waals surface area contributed by atoms with Crippen LogP contribution in [0.15, 0.2) is 36.7 Å². The molecule has 2 aromatic heterocycles. The van der Waals surface area contributed by atoms with Gasteiger partial charge in [0, 0.05) is 53.6 Å². The number of nitrogens with zero attached hydrogens (tertiary/aromatic N) is 3. The van der Waals surface area contributed by atoms with Crippen LogP contribution in [0.3, 0.4) is 0 Å². The molecule has 4 aliphatic rings. The van der Waals surface area contributed by atoms with Crippen LogP contribution in [0, 0.1) is 11.8 Å². The van der Waals surface area contributed by atoms with E-state index in [9.17, 15) is 14.7 Å². The number of imidazole rings is 2. The van der Waals surface area contributed by atoms with Crippen LogP contribution in [-0.2, 0) is 22.7 Å². The van der Waals surface area contributed by atoms with E-state index < -0.39 is 18.2 Å². The molecule has 0 bridgehead atoms. The summed E-state index contributed by atoms with van der Waals surface area (Å²) in [6, 6.07) is 7.73. The fourth-order valence-electron chi connectivity index (χ4n) is 7.97. The number of hydrogen-bond acceptors (Lipinski definition) is 9. The number of carbonyl (C=O) groups excluding carboxylic acids is 1. The van der Waals surface area contributed by atoms with Crippen molar-refractivity contribution in [1.29, 1.82) is 0 Å². The molecule has 4 aliphatic heterocycles. The number of carbonyl (C=O) groups is 2. The van der Waals surface area contributed by atoms with Crippen LogP contribution in [0.5, 0.6) is 11.5 Å². The number of likely N-dealkylation sites (tertiary alicyclic amines) is 1. The molecular weight excluding hydrogens is 626 g/mol. The number of methoxy groups -OCH3 is 1. The van der Waals surface area contributed by atoms with Crippen LogP contribution in [0.4, 0.5) is 4.79 Å². The van der Waals surface area contributed by atoms with E-state index in [1.54, 1.807) is 0 Å². The van der Waals surface area contributed by atoms with Gasteiger partial charge in [-0.3, -0.25) is 4.90 Å². The number of amides is 1. The lowest BCUT2D eigenvalue weighted by Gasteiger charge is -2.30. The van der Waals surface area contributed by atoms with Gasteiger partial charge in [0.15, 0.2) is 0 Å². The number of nitrogens with one attached hydrogen (secondary N) is 4. The number of aldehydes is 1. The van der Waals surface area contributed by atoms with Crippen molar-refractivity contribution in [1.82, 2.24) is 35.5 Å². The van der Waals surface area contributed by atoms with Gasteiger partial charge in [-0.2, -0.15) is 0 Å². The summed E-state index contributed by atoms with van der Waals surface area (Å²) < 4.78 is 18.4. The standard InChI is InChI=1S/C36H41N7O6/c1-18-4-24(37-10-18)34-38-11-25(40-34)20-6-22-16-49-30-9-21(7-23-17-48-29(8-20)32(22)33(23)30)26-12-39-35(41-26)28-5-19(2)13-43(28)14-31(47-3)27(15-44)42-36(45)46/h6-9,11-12,15,18-19,24,27-28,31,37,42H,4-5,10,13-14,16-17H2,1-3H3,(H,38,40)(H,39,41)(H,45,46)/t18-,19-,24-,27+,28-,31+/m0/s1. The van der Waals surface area contributed by atoms with E-state index in [2.05, 4.69) is 63.6 Å². The molecule has 0 aliphatic carbocycles. The van der Waals surface area contributed by atoms with Crippen molar-refractivity contribution in [2.75, 3.05) is 26.7 Å². The first-order chi connectivity index (χ1) is 23.8. The number of aromatic nitrogens is 4. The first-order valence-electron chi connectivity index (χ1n) is 16.9. The summed E-state index contributed by atoms with van der Waals surface area (Å²) in [7, 11) is 1.49. The summed E-state index contributed by atoms with van der Waals surface area (Å²) in [4.78, 5) is 41.7. The van der Waals surface area contributed by atoms with Crippen molar-refractivity contribution in [3.05, 3.63) is 59.4 Å². The van der Waals surface area contributed by atoms with E-state index in [0.717, 1.165) is 93.8 Å². The van der Waals surface area contributed by atoms with E-state index in [-0.39, 0.29) is 12.1 Å². The molecule has 0 spiro atoms. The molecule has 6 heterocycles. The summed E-state index contributed by atoms with van der Waals surface area (Å²) in [5.41, 5.74) is 8.13. The highest BCUT2D eigenvalue weighted by Gasteiger charge is 2.37. The van der Waals surface area contributed by atoms with Gasteiger partial charge in [0.2, 0.25) is 0 Å². The summed E-state index contributed by atoms with van der Waals surface area (Å²) in [5.74, 6) is 4.48. The maximum atomic E-state index is 11.7. The fraction of sp³-hybridized carbons (Fsp3) is 0.444. The quantitative estimate of drug-likeness (QED) is 0.148. The second-order valence-electron chi connectivity index (χ2n) is 14.0. The van der Waals surface area contributed by atoms with Gasteiger partial charge in [-0.15, -0.1) is 0 Å². The second kappa shape index (κ2) is 12.6. The molecule has 49 heavy (non-hydrogen) atoms. The monoisotopic (exact) mass is 667 g/mol. The SMILES string of the molecule is CO[C@H](CN1C[C@@H](C)C[C@H]1c1ncc(-c2cc3c4c(c2)OCc2cc(-c5cnc([C@@H]6C[C@H](C)CN6)[nH]5)cc(c2-4)OC3)[nH]1)[C@@H](C=O)NC(=O)O. The lowest BCUT2D eigenvalue weighted by Crippen LogP contribution is -2.49. The van der Waals surface area contributed by atoms with E-state index in [4.69, 9.17) is 24.2 Å². The molecule has 0 radical (unpaired) electrons. The third-order valence-corrected chi connectivity index (χ3v) is 10.4.